The molecule has 112 valence electrons. The number of rotatable bonds is 5. The molecule has 0 heterocycles. The molecule has 0 unspecified atom stereocenters. The molecule has 0 saturated heterocycles. The topological polar surface area (TPSA) is 61.4 Å². The summed E-state index contributed by atoms with van der Waals surface area (Å²) in [4.78, 5) is 25.6. The van der Waals surface area contributed by atoms with Crippen LogP contribution in [0.2, 0.25) is 0 Å². The number of anilines is 2. The molecular weight excluding hydrogens is 266 g/mol. The molecule has 2 N–H and O–H groups in total. The van der Waals surface area contributed by atoms with Gasteiger partial charge in [-0.05, 0) is 45.1 Å². The number of hydrogen-bond acceptors (Lipinski definition) is 3. The van der Waals surface area contributed by atoms with Gasteiger partial charge >= 0.3 is 0 Å². The molecule has 1 aromatic rings. The first kappa shape index (κ1) is 15.3. The summed E-state index contributed by atoms with van der Waals surface area (Å²) in [6.45, 7) is 0.324. The number of carbonyl (C=O) groups is 2. The van der Waals surface area contributed by atoms with E-state index in [0.29, 0.717) is 17.9 Å². The van der Waals surface area contributed by atoms with Crippen molar-refractivity contribution in [2.45, 2.75) is 12.8 Å². The Labute approximate surface area is 125 Å². The monoisotopic (exact) mass is 287 g/mol. The highest BCUT2D eigenvalue weighted by Gasteiger charge is 2.19. The summed E-state index contributed by atoms with van der Waals surface area (Å²) in [5, 5.41) is 5.71. The zero-order chi connectivity index (χ0) is 15.2. The van der Waals surface area contributed by atoms with Gasteiger partial charge in [-0.15, -0.1) is 0 Å². The summed E-state index contributed by atoms with van der Waals surface area (Å²) in [6, 6.07) is 7.21. The number of likely N-dealkylation sites (N-methyl/N-ethyl adjacent to an activating group) is 1. The minimum Gasteiger partial charge on any atom is -0.326 e. The molecule has 0 aliphatic heterocycles. The number of nitrogens with zero attached hydrogens (tertiary/aromatic N) is 1. The van der Waals surface area contributed by atoms with Crippen LogP contribution in [0.3, 0.4) is 0 Å². The normalized spacial score (nSPS) is 14.4. The first-order chi connectivity index (χ1) is 10.0. The summed E-state index contributed by atoms with van der Waals surface area (Å²) in [5.41, 5.74) is 1.39. The largest absolute Gasteiger partial charge is 0.326 e. The zero-order valence-corrected chi connectivity index (χ0v) is 12.4. The van der Waals surface area contributed by atoms with Gasteiger partial charge in [0.05, 0.1) is 6.54 Å². The second-order valence-electron chi connectivity index (χ2n) is 5.50. The van der Waals surface area contributed by atoms with Gasteiger partial charge in [0.1, 0.15) is 0 Å². The van der Waals surface area contributed by atoms with E-state index < -0.39 is 0 Å². The predicted molar refractivity (Wildman–Crippen MR) is 84.1 cm³/mol. The van der Waals surface area contributed by atoms with E-state index in [9.17, 15) is 9.59 Å². The Morgan fingerprint density at radius 1 is 1.14 bits per heavy atom. The molecule has 2 rings (SSSR count). The first-order valence-electron chi connectivity index (χ1n) is 7.05. The van der Waals surface area contributed by atoms with Crippen LogP contribution in [0.5, 0.6) is 0 Å². The van der Waals surface area contributed by atoms with Gasteiger partial charge in [0.15, 0.2) is 0 Å². The highest BCUT2D eigenvalue weighted by atomic mass is 16.2. The molecule has 0 radical (unpaired) electrons. The fourth-order valence-corrected chi connectivity index (χ4v) is 2.24. The smallest absolute Gasteiger partial charge is 0.238 e. The standard InChI is InChI=1S/C16H21N3O2/c1-19(2)11-15(20)17-13-8-5-9-14(10-13)18-16(21)12-6-3-4-7-12/h3-5,8-10,12H,6-7,11H2,1-2H3,(H,17,20)(H,18,21). The molecule has 5 nitrogen and oxygen atoms in total. The molecule has 0 bridgehead atoms. The van der Waals surface area contributed by atoms with Crippen LogP contribution in [-0.4, -0.2) is 37.4 Å². The van der Waals surface area contributed by atoms with Gasteiger partial charge in [-0.3, -0.25) is 9.59 Å². The van der Waals surface area contributed by atoms with Crippen LogP contribution in [0.4, 0.5) is 11.4 Å². The molecule has 0 saturated carbocycles. The molecule has 0 atom stereocenters. The minimum absolute atomic E-state index is 0.0248. The Morgan fingerprint density at radius 3 is 2.38 bits per heavy atom. The van der Waals surface area contributed by atoms with E-state index in [1.165, 1.54) is 0 Å². The highest BCUT2D eigenvalue weighted by Crippen LogP contribution is 2.21. The number of hydrogen-bond donors (Lipinski definition) is 2. The third-order valence-corrected chi connectivity index (χ3v) is 3.25. The van der Waals surface area contributed by atoms with E-state index >= 15 is 0 Å². The van der Waals surface area contributed by atoms with Crippen LogP contribution < -0.4 is 10.6 Å². The van der Waals surface area contributed by atoms with E-state index in [-0.39, 0.29) is 17.7 Å². The van der Waals surface area contributed by atoms with E-state index in [4.69, 9.17) is 0 Å². The van der Waals surface area contributed by atoms with Gasteiger partial charge in [0.2, 0.25) is 11.8 Å². The number of carbonyl (C=O) groups excluding carboxylic acids is 2. The van der Waals surface area contributed by atoms with E-state index in [2.05, 4.69) is 10.6 Å². The number of nitrogens with one attached hydrogen (secondary N) is 2. The lowest BCUT2D eigenvalue weighted by atomic mass is 10.1. The summed E-state index contributed by atoms with van der Waals surface area (Å²) >= 11 is 0. The van der Waals surface area contributed by atoms with Crippen LogP contribution in [0.1, 0.15) is 12.8 Å². The summed E-state index contributed by atoms with van der Waals surface area (Å²) in [5.74, 6) is -0.0303. The van der Waals surface area contributed by atoms with Crippen molar-refractivity contribution in [3.05, 3.63) is 36.4 Å². The lowest BCUT2D eigenvalue weighted by Gasteiger charge is -2.13. The van der Waals surface area contributed by atoms with E-state index in [1.807, 2.05) is 38.4 Å². The maximum atomic E-state index is 12.0. The predicted octanol–water partition coefficient (Wildman–Crippen LogP) is 2.09. The Morgan fingerprint density at radius 2 is 1.76 bits per heavy atom. The quantitative estimate of drug-likeness (QED) is 0.815. The van der Waals surface area contributed by atoms with Crippen LogP contribution in [0.15, 0.2) is 36.4 Å². The van der Waals surface area contributed by atoms with Crippen LogP contribution in [0.25, 0.3) is 0 Å². The lowest BCUT2D eigenvalue weighted by molar-refractivity contribution is -0.119. The van der Waals surface area contributed by atoms with Crippen molar-refractivity contribution in [3.8, 4) is 0 Å². The average Bonchev–Trinajstić information content (AvgIpc) is 2.91. The number of allylic oxidation sites excluding steroid dienone is 2. The summed E-state index contributed by atoms with van der Waals surface area (Å²) < 4.78 is 0. The fourth-order valence-electron chi connectivity index (χ4n) is 2.24. The fraction of sp³-hybridized carbons (Fsp3) is 0.375. The van der Waals surface area contributed by atoms with Crippen molar-refractivity contribution in [2.24, 2.45) is 5.92 Å². The van der Waals surface area contributed by atoms with Gasteiger partial charge in [0.25, 0.3) is 0 Å². The summed E-state index contributed by atoms with van der Waals surface area (Å²) in [6.07, 6.45) is 5.65. The third kappa shape index (κ3) is 4.72. The Hall–Kier alpha value is -2.14. The molecule has 21 heavy (non-hydrogen) atoms. The Kier molecular flexibility index (Phi) is 5.11. The third-order valence-electron chi connectivity index (χ3n) is 3.25. The van der Waals surface area contributed by atoms with Crippen molar-refractivity contribution >= 4 is 23.2 Å². The Bertz CT molecular complexity index is 544. The molecule has 0 aromatic heterocycles. The molecule has 1 aliphatic carbocycles. The highest BCUT2D eigenvalue weighted by molar-refractivity contribution is 5.95. The second kappa shape index (κ2) is 7.04. The van der Waals surface area contributed by atoms with Crippen LogP contribution >= 0.6 is 0 Å². The molecule has 1 aliphatic rings. The van der Waals surface area contributed by atoms with Crippen molar-refractivity contribution in [1.29, 1.82) is 0 Å². The van der Waals surface area contributed by atoms with Crippen molar-refractivity contribution in [2.75, 3.05) is 31.3 Å². The van der Waals surface area contributed by atoms with Crippen LogP contribution in [-0.2, 0) is 9.59 Å². The number of benzene rings is 1. The van der Waals surface area contributed by atoms with Crippen molar-refractivity contribution in [3.63, 3.8) is 0 Å². The van der Waals surface area contributed by atoms with Crippen LogP contribution in [0, 0.1) is 5.92 Å². The summed E-state index contributed by atoms with van der Waals surface area (Å²) in [7, 11) is 3.68. The second-order valence-corrected chi connectivity index (χ2v) is 5.50. The van der Waals surface area contributed by atoms with Gasteiger partial charge in [-0.25, -0.2) is 0 Å². The maximum absolute atomic E-state index is 12.0. The minimum atomic E-state index is -0.0801. The Balaban J connectivity index is 1.94. The zero-order valence-electron chi connectivity index (χ0n) is 12.4. The van der Waals surface area contributed by atoms with Gasteiger partial charge < -0.3 is 15.5 Å². The molecule has 0 spiro atoms. The SMILES string of the molecule is CN(C)CC(=O)Nc1cccc(NC(=O)C2CC=CC2)c1. The van der Waals surface area contributed by atoms with Gasteiger partial charge in [-0.2, -0.15) is 0 Å². The van der Waals surface area contributed by atoms with E-state index in [0.717, 1.165) is 12.8 Å². The molecular formula is C16H21N3O2. The molecule has 2 amide bonds. The van der Waals surface area contributed by atoms with Gasteiger partial charge in [0, 0.05) is 17.3 Å². The first-order valence-corrected chi connectivity index (χ1v) is 7.05. The number of amides is 2. The lowest BCUT2D eigenvalue weighted by Crippen LogP contribution is -2.27. The van der Waals surface area contributed by atoms with Crippen molar-refractivity contribution < 1.29 is 9.59 Å². The maximum Gasteiger partial charge on any atom is 0.238 e. The van der Waals surface area contributed by atoms with Crippen molar-refractivity contribution in [1.82, 2.24) is 4.90 Å². The average molecular weight is 287 g/mol. The molecule has 5 heteroatoms. The van der Waals surface area contributed by atoms with Gasteiger partial charge in [-0.1, -0.05) is 18.2 Å². The molecule has 0 fully saturated rings. The molecule has 1 aromatic carbocycles. The van der Waals surface area contributed by atoms with E-state index in [1.54, 1.807) is 17.0 Å².